The minimum Gasteiger partial charge on any atom is -0.373 e. The van der Waals surface area contributed by atoms with Crippen LogP contribution in [0.15, 0.2) is 24.3 Å². The van der Waals surface area contributed by atoms with E-state index in [2.05, 4.69) is 4.74 Å². The highest BCUT2D eigenvalue weighted by Crippen LogP contribution is 2.29. The predicted molar refractivity (Wildman–Crippen MR) is 49.5 cm³/mol. The molecular formula is C11H9F3O2. The molecule has 0 bridgehead atoms. The largest absolute Gasteiger partial charge is 0.575 e. The van der Waals surface area contributed by atoms with Crippen LogP contribution in [0.4, 0.5) is 13.2 Å². The van der Waals surface area contributed by atoms with E-state index in [9.17, 15) is 18.0 Å². The van der Waals surface area contributed by atoms with E-state index in [1.54, 1.807) is 12.1 Å². The fraction of sp³-hybridized carbons (Fsp3) is 0.364. The van der Waals surface area contributed by atoms with Gasteiger partial charge in [-0.1, -0.05) is 24.3 Å². The second-order valence-electron chi connectivity index (χ2n) is 3.74. The van der Waals surface area contributed by atoms with Crippen LogP contribution >= 0.6 is 0 Å². The molecule has 1 aliphatic rings. The number of carbonyl (C=O) groups excluding carboxylic acids is 1. The average Bonchev–Trinajstić information content (AvgIpc) is 2.58. The van der Waals surface area contributed by atoms with E-state index >= 15 is 0 Å². The van der Waals surface area contributed by atoms with E-state index in [-0.39, 0.29) is 0 Å². The number of benzene rings is 1. The zero-order valence-electron chi connectivity index (χ0n) is 8.25. The number of alkyl halides is 3. The molecule has 2 rings (SSSR count). The number of esters is 1. The highest BCUT2D eigenvalue weighted by Gasteiger charge is 2.38. The van der Waals surface area contributed by atoms with E-state index in [1.165, 1.54) is 0 Å². The third-order valence-corrected chi connectivity index (χ3v) is 2.60. The van der Waals surface area contributed by atoms with E-state index < -0.39 is 18.2 Å². The number of rotatable bonds is 1. The smallest absolute Gasteiger partial charge is 0.373 e. The Morgan fingerprint density at radius 1 is 1.19 bits per heavy atom. The standard InChI is InChI=1S/C11H9F3O2/c12-11(13,14)16-10(15)9-5-7-3-1-2-4-8(7)6-9/h1-4,9H,5-6H2. The Bertz CT molecular complexity index is 387. The minimum absolute atomic E-state index is 0.324. The van der Waals surface area contributed by atoms with E-state index in [0.29, 0.717) is 12.8 Å². The Morgan fingerprint density at radius 2 is 1.69 bits per heavy atom. The lowest BCUT2D eigenvalue weighted by Crippen LogP contribution is -2.26. The lowest BCUT2D eigenvalue weighted by atomic mass is 10.1. The minimum atomic E-state index is -4.88. The van der Waals surface area contributed by atoms with Gasteiger partial charge in [-0.05, 0) is 24.0 Å². The summed E-state index contributed by atoms with van der Waals surface area (Å²) >= 11 is 0. The Hall–Kier alpha value is -1.52. The summed E-state index contributed by atoms with van der Waals surface area (Å²) in [6.45, 7) is 0. The number of fused-ring (bicyclic) bond motifs is 1. The Labute approximate surface area is 90.0 Å². The molecule has 2 nitrogen and oxygen atoms in total. The molecule has 0 spiro atoms. The molecule has 0 atom stereocenters. The first-order valence-electron chi connectivity index (χ1n) is 4.82. The third kappa shape index (κ3) is 2.35. The molecule has 0 radical (unpaired) electrons. The molecule has 1 aromatic carbocycles. The lowest BCUT2D eigenvalue weighted by molar-refractivity contribution is -0.307. The van der Waals surface area contributed by atoms with Crippen LogP contribution in [0.5, 0.6) is 0 Å². The van der Waals surface area contributed by atoms with Crippen molar-refractivity contribution in [3.05, 3.63) is 35.4 Å². The monoisotopic (exact) mass is 230 g/mol. The van der Waals surface area contributed by atoms with Crippen LogP contribution in [-0.4, -0.2) is 12.3 Å². The quantitative estimate of drug-likeness (QED) is 0.693. The highest BCUT2D eigenvalue weighted by atomic mass is 19.4. The molecule has 0 aliphatic heterocycles. The van der Waals surface area contributed by atoms with Crippen LogP contribution in [0.25, 0.3) is 0 Å². The molecule has 0 heterocycles. The molecule has 1 aromatic rings. The number of ether oxygens (including phenoxy) is 1. The molecular weight excluding hydrogens is 221 g/mol. The van der Waals surface area contributed by atoms with Gasteiger partial charge in [0.2, 0.25) is 0 Å². The number of halogens is 3. The molecule has 0 fully saturated rings. The number of hydrogen-bond donors (Lipinski definition) is 0. The van der Waals surface area contributed by atoms with Crippen molar-refractivity contribution in [3.8, 4) is 0 Å². The second kappa shape index (κ2) is 3.81. The second-order valence-corrected chi connectivity index (χ2v) is 3.74. The first kappa shape index (κ1) is 11.0. The maximum absolute atomic E-state index is 11.8. The van der Waals surface area contributed by atoms with Gasteiger partial charge in [0, 0.05) is 0 Å². The maximum atomic E-state index is 11.8. The number of carbonyl (C=O) groups is 1. The van der Waals surface area contributed by atoms with Gasteiger partial charge in [-0.2, -0.15) is 0 Å². The summed E-state index contributed by atoms with van der Waals surface area (Å²) in [4.78, 5) is 11.2. The Morgan fingerprint density at radius 3 is 2.12 bits per heavy atom. The van der Waals surface area contributed by atoms with Crippen molar-refractivity contribution in [2.24, 2.45) is 5.92 Å². The third-order valence-electron chi connectivity index (χ3n) is 2.60. The summed E-state index contributed by atoms with van der Waals surface area (Å²) in [5.74, 6) is -1.90. The molecule has 0 aromatic heterocycles. The zero-order valence-corrected chi connectivity index (χ0v) is 8.25. The van der Waals surface area contributed by atoms with Crippen molar-refractivity contribution < 1.29 is 22.7 Å². The van der Waals surface area contributed by atoms with E-state index in [4.69, 9.17) is 0 Å². The van der Waals surface area contributed by atoms with Crippen LogP contribution in [0.3, 0.4) is 0 Å². The molecule has 86 valence electrons. The number of hydrogen-bond acceptors (Lipinski definition) is 2. The van der Waals surface area contributed by atoms with Gasteiger partial charge in [0.25, 0.3) is 0 Å². The van der Waals surface area contributed by atoms with Gasteiger partial charge in [0.1, 0.15) is 0 Å². The summed E-state index contributed by atoms with van der Waals surface area (Å²) in [6, 6.07) is 7.24. The fourth-order valence-electron chi connectivity index (χ4n) is 1.92. The van der Waals surface area contributed by atoms with Gasteiger partial charge in [0.15, 0.2) is 0 Å². The van der Waals surface area contributed by atoms with Crippen molar-refractivity contribution in [2.75, 3.05) is 0 Å². The fourth-order valence-corrected chi connectivity index (χ4v) is 1.92. The molecule has 1 aliphatic carbocycles. The van der Waals surface area contributed by atoms with Crippen LogP contribution in [0.1, 0.15) is 11.1 Å². The first-order valence-corrected chi connectivity index (χ1v) is 4.82. The van der Waals surface area contributed by atoms with Crippen LogP contribution in [0.2, 0.25) is 0 Å². The molecule has 0 saturated carbocycles. The SMILES string of the molecule is O=C(OC(F)(F)F)C1Cc2ccccc2C1. The van der Waals surface area contributed by atoms with Gasteiger partial charge in [-0.25, -0.2) is 0 Å². The van der Waals surface area contributed by atoms with Gasteiger partial charge in [-0.3, -0.25) is 4.79 Å². The molecule has 0 saturated heterocycles. The maximum Gasteiger partial charge on any atom is 0.575 e. The lowest BCUT2D eigenvalue weighted by Gasteiger charge is -2.11. The molecule has 16 heavy (non-hydrogen) atoms. The molecule has 0 N–H and O–H groups in total. The summed E-state index contributed by atoms with van der Waals surface area (Å²) < 4.78 is 38.9. The van der Waals surface area contributed by atoms with E-state index in [1.807, 2.05) is 12.1 Å². The van der Waals surface area contributed by atoms with E-state index in [0.717, 1.165) is 11.1 Å². The van der Waals surface area contributed by atoms with Gasteiger partial charge in [-0.15, -0.1) is 13.2 Å². The van der Waals surface area contributed by atoms with Gasteiger partial charge < -0.3 is 4.74 Å². The Kier molecular flexibility index (Phi) is 2.61. The average molecular weight is 230 g/mol. The van der Waals surface area contributed by atoms with Crippen LogP contribution < -0.4 is 0 Å². The van der Waals surface area contributed by atoms with Crippen LogP contribution in [-0.2, 0) is 22.4 Å². The molecule has 5 heteroatoms. The van der Waals surface area contributed by atoms with Crippen molar-refractivity contribution in [1.29, 1.82) is 0 Å². The van der Waals surface area contributed by atoms with Crippen molar-refractivity contribution in [3.63, 3.8) is 0 Å². The van der Waals surface area contributed by atoms with Gasteiger partial charge >= 0.3 is 12.3 Å². The first-order chi connectivity index (χ1) is 7.46. The predicted octanol–water partition coefficient (Wildman–Crippen LogP) is 2.46. The summed E-state index contributed by atoms with van der Waals surface area (Å²) in [7, 11) is 0. The van der Waals surface area contributed by atoms with Gasteiger partial charge in [0.05, 0.1) is 5.92 Å². The topological polar surface area (TPSA) is 26.3 Å². The summed E-state index contributed by atoms with van der Waals surface area (Å²) in [5, 5.41) is 0. The van der Waals surface area contributed by atoms with Crippen LogP contribution in [0, 0.1) is 5.92 Å². The summed E-state index contributed by atoms with van der Waals surface area (Å²) in [6.07, 6.45) is -4.23. The zero-order chi connectivity index (χ0) is 11.8. The summed E-state index contributed by atoms with van der Waals surface area (Å²) in [5.41, 5.74) is 1.85. The van der Waals surface area contributed by atoms with Crippen molar-refractivity contribution >= 4 is 5.97 Å². The normalized spacial score (nSPS) is 15.9. The molecule has 0 amide bonds. The van der Waals surface area contributed by atoms with Crippen molar-refractivity contribution in [1.82, 2.24) is 0 Å². The Balaban J connectivity index is 2.04. The molecule has 0 unspecified atom stereocenters. The highest BCUT2D eigenvalue weighted by molar-refractivity contribution is 5.74. The van der Waals surface area contributed by atoms with Crippen molar-refractivity contribution in [2.45, 2.75) is 19.2 Å².